The zero-order chi connectivity index (χ0) is 15.6. The highest BCUT2D eigenvalue weighted by molar-refractivity contribution is 7.89. The molecule has 0 atom stereocenters. The molecule has 0 radical (unpaired) electrons. The molecular formula is C14H15N3O3S. The first-order chi connectivity index (χ1) is 9.80. The Morgan fingerprint density at radius 3 is 2.14 bits per heavy atom. The maximum Gasteiger partial charge on any atom is 0.318 e. The molecule has 0 fully saturated rings. The number of hydrogen-bond acceptors (Lipinski definition) is 3. The Balaban J connectivity index is 2.48. The van der Waals surface area contributed by atoms with Crippen LogP contribution >= 0.6 is 0 Å². The number of nitrogens with zero attached hydrogens (tertiary/aromatic N) is 1. The fraction of sp³-hybridized carbons (Fsp3) is 0.0714. The molecule has 2 aromatic carbocycles. The minimum atomic E-state index is -3.81. The highest BCUT2D eigenvalue weighted by atomic mass is 32.2. The van der Waals surface area contributed by atoms with E-state index in [1.54, 1.807) is 49.5 Å². The van der Waals surface area contributed by atoms with Gasteiger partial charge in [0.25, 0.3) is 0 Å². The lowest BCUT2D eigenvalue weighted by Crippen LogP contribution is -2.31. The zero-order valence-electron chi connectivity index (χ0n) is 11.4. The maximum atomic E-state index is 11.6. The zero-order valence-corrected chi connectivity index (χ0v) is 12.2. The average molecular weight is 305 g/mol. The molecule has 110 valence electrons. The fourth-order valence-corrected chi connectivity index (χ4v) is 2.71. The van der Waals surface area contributed by atoms with Gasteiger partial charge in [-0.25, -0.2) is 18.4 Å². The molecule has 2 rings (SSSR count). The van der Waals surface area contributed by atoms with E-state index < -0.39 is 16.1 Å². The number of carbonyl (C=O) groups excluding carboxylic acids is 1. The van der Waals surface area contributed by atoms with Crippen molar-refractivity contribution in [2.45, 2.75) is 4.90 Å². The van der Waals surface area contributed by atoms with Gasteiger partial charge in [0.2, 0.25) is 10.0 Å². The van der Waals surface area contributed by atoms with E-state index in [1.165, 1.54) is 11.0 Å². The van der Waals surface area contributed by atoms with Crippen LogP contribution in [0, 0.1) is 0 Å². The van der Waals surface area contributed by atoms with Crippen LogP contribution < -0.4 is 15.8 Å². The second kappa shape index (κ2) is 5.55. The number of hydrogen-bond donors (Lipinski definition) is 2. The number of rotatable bonds is 3. The minimum Gasteiger partial charge on any atom is -0.351 e. The quantitative estimate of drug-likeness (QED) is 0.897. The Labute approximate surface area is 123 Å². The molecule has 2 aromatic rings. The topological polar surface area (TPSA) is 106 Å². The third-order valence-corrected chi connectivity index (χ3v) is 4.06. The molecule has 6 nitrogen and oxygen atoms in total. The molecule has 7 heteroatoms. The van der Waals surface area contributed by atoms with E-state index in [4.69, 9.17) is 10.9 Å². The summed E-state index contributed by atoms with van der Waals surface area (Å²) in [5.41, 5.74) is 6.99. The van der Waals surface area contributed by atoms with Crippen LogP contribution in [-0.4, -0.2) is 21.5 Å². The highest BCUT2D eigenvalue weighted by Crippen LogP contribution is 2.28. The van der Waals surface area contributed by atoms with E-state index in [0.29, 0.717) is 16.8 Å². The summed E-state index contributed by atoms with van der Waals surface area (Å²) in [5, 5.41) is 5.22. The van der Waals surface area contributed by atoms with Gasteiger partial charge in [-0.2, -0.15) is 0 Å². The van der Waals surface area contributed by atoms with Crippen LogP contribution in [0.4, 0.5) is 10.5 Å². The Kier molecular flexibility index (Phi) is 3.97. The molecule has 0 unspecified atom stereocenters. The minimum absolute atomic E-state index is 0.0565. The highest BCUT2D eigenvalue weighted by Gasteiger charge is 2.14. The van der Waals surface area contributed by atoms with Crippen molar-refractivity contribution in [1.29, 1.82) is 0 Å². The maximum absolute atomic E-state index is 11.6. The lowest BCUT2D eigenvalue weighted by atomic mass is 10.1. The second-order valence-corrected chi connectivity index (χ2v) is 6.02. The second-order valence-electron chi connectivity index (χ2n) is 4.49. The summed E-state index contributed by atoms with van der Waals surface area (Å²) in [4.78, 5) is 12.4. The van der Waals surface area contributed by atoms with Crippen molar-refractivity contribution in [3.63, 3.8) is 0 Å². The predicted octanol–water partition coefficient (Wildman–Crippen LogP) is 1.52. The number of urea groups is 1. The van der Waals surface area contributed by atoms with Crippen molar-refractivity contribution >= 4 is 21.7 Å². The van der Waals surface area contributed by atoms with Crippen LogP contribution in [0.25, 0.3) is 11.1 Å². The molecule has 0 spiro atoms. The van der Waals surface area contributed by atoms with Gasteiger partial charge in [0.1, 0.15) is 0 Å². The molecular weight excluding hydrogens is 290 g/mol. The number of sulfonamides is 1. The molecule has 0 aliphatic heterocycles. The first-order valence-corrected chi connectivity index (χ1v) is 7.61. The van der Waals surface area contributed by atoms with Crippen molar-refractivity contribution in [2.75, 3.05) is 11.9 Å². The molecule has 2 amide bonds. The number of nitrogens with two attached hydrogens (primary N) is 2. The number of anilines is 1. The normalized spacial score (nSPS) is 11.1. The molecule has 0 bridgehead atoms. The SMILES string of the molecule is CN(C(N)=O)c1ccc(-c2ccccc2S(N)(=O)=O)cc1. The van der Waals surface area contributed by atoms with Crippen molar-refractivity contribution in [1.82, 2.24) is 0 Å². The summed E-state index contributed by atoms with van der Waals surface area (Å²) in [6.07, 6.45) is 0. The van der Waals surface area contributed by atoms with Gasteiger partial charge in [-0.3, -0.25) is 4.90 Å². The smallest absolute Gasteiger partial charge is 0.318 e. The van der Waals surface area contributed by atoms with Crippen molar-refractivity contribution in [3.8, 4) is 11.1 Å². The van der Waals surface area contributed by atoms with Gasteiger partial charge in [0.05, 0.1) is 4.90 Å². The molecule has 21 heavy (non-hydrogen) atoms. The van der Waals surface area contributed by atoms with E-state index >= 15 is 0 Å². The van der Waals surface area contributed by atoms with Crippen LogP contribution in [0.2, 0.25) is 0 Å². The van der Waals surface area contributed by atoms with E-state index in [-0.39, 0.29) is 4.90 Å². The van der Waals surface area contributed by atoms with Crippen LogP contribution in [-0.2, 0) is 10.0 Å². The molecule has 0 aliphatic rings. The Morgan fingerprint density at radius 1 is 1.05 bits per heavy atom. The van der Waals surface area contributed by atoms with Crippen molar-refractivity contribution in [2.24, 2.45) is 10.9 Å². The summed E-state index contributed by atoms with van der Waals surface area (Å²) in [6.45, 7) is 0. The summed E-state index contributed by atoms with van der Waals surface area (Å²) in [5.74, 6) is 0. The number of carbonyl (C=O) groups is 1. The largest absolute Gasteiger partial charge is 0.351 e. The molecule has 4 N–H and O–H groups in total. The van der Waals surface area contributed by atoms with Crippen molar-refractivity contribution < 1.29 is 13.2 Å². The van der Waals surface area contributed by atoms with Gasteiger partial charge in [-0.15, -0.1) is 0 Å². The Morgan fingerprint density at radius 2 is 1.62 bits per heavy atom. The summed E-state index contributed by atoms with van der Waals surface area (Å²) in [6, 6.07) is 12.7. The van der Waals surface area contributed by atoms with Crippen LogP contribution in [0.1, 0.15) is 0 Å². The summed E-state index contributed by atoms with van der Waals surface area (Å²) < 4.78 is 23.2. The predicted molar refractivity (Wildman–Crippen MR) is 81.2 cm³/mol. The number of benzene rings is 2. The molecule has 0 saturated carbocycles. The van der Waals surface area contributed by atoms with E-state index in [2.05, 4.69) is 0 Å². The van der Waals surface area contributed by atoms with Gasteiger partial charge in [0.15, 0.2) is 0 Å². The number of amides is 2. The van der Waals surface area contributed by atoms with E-state index in [1.807, 2.05) is 0 Å². The lowest BCUT2D eigenvalue weighted by Gasteiger charge is -2.15. The lowest BCUT2D eigenvalue weighted by molar-refractivity contribution is 0.255. The monoisotopic (exact) mass is 305 g/mol. The van der Waals surface area contributed by atoms with Gasteiger partial charge < -0.3 is 5.73 Å². The standard InChI is InChI=1S/C14H15N3O3S/c1-17(14(15)18)11-8-6-10(7-9-11)12-4-2-3-5-13(12)21(16,19)20/h2-9H,1H3,(H2,15,18)(H2,16,19,20). The fourth-order valence-electron chi connectivity index (χ4n) is 1.95. The van der Waals surface area contributed by atoms with Gasteiger partial charge in [-0.05, 0) is 23.8 Å². The Hall–Kier alpha value is -2.38. The molecule has 0 heterocycles. The number of primary sulfonamides is 1. The van der Waals surface area contributed by atoms with Crippen LogP contribution in [0.3, 0.4) is 0 Å². The first-order valence-electron chi connectivity index (χ1n) is 6.06. The Bertz CT molecular complexity index is 770. The van der Waals surface area contributed by atoms with E-state index in [9.17, 15) is 13.2 Å². The first kappa shape index (κ1) is 15.0. The van der Waals surface area contributed by atoms with Crippen LogP contribution in [0.5, 0.6) is 0 Å². The molecule has 0 aliphatic carbocycles. The summed E-state index contributed by atoms with van der Waals surface area (Å²) >= 11 is 0. The molecule has 0 saturated heterocycles. The number of primary amides is 1. The summed E-state index contributed by atoms with van der Waals surface area (Å²) in [7, 11) is -2.25. The van der Waals surface area contributed by atoms with Crippen LogP contribution in [0.15, 0.2) is 53.4 Å². The van der Waals surface area contributed by atoms with Gasteiger partial charge >= 0.3 is 6.03 Å². The third-order valence-electron chi connectivity index (χ3n) is 3.09. The van der Waals surface area contributed by atoms with Crippen molar-refractivity contribution in [3.05, 3.63) is 48.5 Å². The van der Waals surface area contributed by atoms with Gasteiger partial charge in [-0.1, -0.05) is 30.3 Å². The van der Waals surface area contributed by atoms with Gasteiger partial charge in [0, 0.05) is 18.3 Å². The molecule has 0 aromatic heterocycles. The third kappa shape index (κ3) is 3.21. The average Bonchev–Trinajstić information content (AvgIpc) is 2.45. The van der Waals surface area contributed by atoms with E-state index in [0.717, 1.165) is 0 Å².